The van der Waals surface area contributed by atoms with Crippen molar-refractivity contribution in [2.24, 2.45) is 0 Å². The van der Waals surface area contributed by atoms with E-state index in [9.17, 15) is 26.4 Å². The van der Waals surface area contributed by atoms with E-state index in [1.165, 1.54) is 84.9 Å². The van der Waals surface area contributed by atoms with Crippen LogP contribution in [0.1, 0.15) is 10.4 Å². The number of hydrogen-bond donors (Lipinski definition) is 0. The van der Waals surface area contributed by atoms with Crippen molar-refractivity contribution in [3.63, 3.8) is 0 Å². The maximum Gasteiger partial charge on any atom is 0.432 e. The second-order valence-electron chi connectivity index (χ2n) is 9.35. The van der Waals surface area contributed by atoms with Crippen molar-refractivity contribution in [1.82, 2.24) is 0 Å². The van der Waals surface area contributed by atoms with Gasteiger partial charge in [-0.1, -0.05) is 54.6 Å². The summed E-state index contributed by atoms with van der Waals surface area (Å²) in [5.41, 5.74) is 0.0686. The van der Waals surface area contributed by atoms with Crippen LogP contribution in [0.2, 0.25) is 0 Å². The first-order valence-electron chi connectivity index (χ1n) is 12.6. The van der Waals surface area contributed by atoms with Crippen LogP contribution in [0.25, 0.3) is 0 Å². The molecule has 0 heterocycles. The van der Waals surface area contributed by atoms with Gasteiger partial charge in [0.15, 0.2) is 0 Å². The fourth-order valence-electron chi connectivity index (χ4n) is 4.07. The van der Waals surface area contributed by atoms with Crippen molar-refractivity contribution >= 4 is 32.1 Å². The lowest BCUT2D eigenvalue weighted by molar-refractivity contribution is -0.247. The Kier molecular flexibility index (Phi) is 9.19. The molecule has 0 spiro atoms. The van der Waals surface area contributed by atoms with E-state index in [-0.39, 0.29) is 14.7 Å². The number of esters is 1. The van der Waals surface area contributed by atoms with Gasteiger partial charge in [0.1, 0.15) is 0 Å². The van der Waals surface area contributed by atoms with Crippen LogP contribution in [-0.4, -0.2) is 46.0 Å². The Labute approximate surface area is 247 Å². The highest BCUT2D eigenvalue weighted by molar-refractivity contribution is 8.33. The molecule has 0 saturated carbocycles. The number of halogens is 5. The van der Waals surface area contributed by atoms with Crippen molar-refractivity contribution in [3.05, 3.63) is 121 Å². The minimum Gasteiger partial charge on any atom is -0.441 e. The van der Waals surface area contributed by atoms with Gasteiger partial charge in [-0.25, -0.2) is 8.42 Å². The van der Waals surface area contributed by atoms with Crippen molar-refractivity contribution in [3.8, 4) is 0 Å². The van der Waals surface area contributed by atoms with E-state index in [0.29, 0.717) is 5.69 Å². The van der Waals surface area contributed by atoms with E-state index in [1.54, 1.807) is 37.2 Å². The lowest BCUT2D eigenvalue weighted by Gasteiger charge is -2.40. The quantitative estimate of drug-likeness (QED) is 0.131. The molecule has 0 bridgehead atoms. The monoisotopic (exact) mass is 639 g/mol. The summed E-state index contributed by atoms with van der Waals surface area (Å²) in [6.07, 6.45) is -10.4. The van der Waals surface area contributed by atoms with E-state index >= 15 is 8.78 Å². The first kappa shape index (κ1) is 32.0. The van der Waals surface area contributed by atoms with E-state index in [1.807, 2.05) is 0 Å². The van der Waals surface area contributed by atoms with Gasteiger partial charge in [-0.2, -0.15) is 30.4 Å². The molecule has 13 heteroatoms. The smallest absolute Gasteiger partial charge is 0.432 e. The molecule has 4 rings (SSSR count). The number of alkyl halides is 5. The molecule has 0 radical (unpaired) electrons. The SMILES string of the molecule is CN(C)c1ccc(C(=O)OC(C(F)(F)F)C(F)(F)S(=O)(=O)OS(c2ccccc2)(c2ccccc2)c2ccccc2)cc1. The van der Waals surface area contributed by atoms with Crippen molar-refractivity contribution < 1.29 is 43.5 Å². The molecule has 4 aromatic carbocycles. The van der Waals surface area contributed by atoms with Crippen LogP contribution in [-0.2, 0) is 18.5 Å². The van der Waals surface area contributed by atoms with Crippen molar-refractivity contribution in [2.75, 3.05) is 19.0 Å². The van der Waals surface area contributed by atoms with E-state index in [0.717, 1.165) is 12.1 Å². The number of nitrogens with zero attached hydrogens (tertiary/aromatic N) is 1. The van der Waals surface area contributed by atoms with E-state index in [4.69, 9.17) is 3.63 Å². The van der Waals surface area contributed by atoms with Gasteiger partial charge in [-0.15, -0.1) is 0 Å². The lowest BCUT2D eigenvalue weighted by atomic mass is 10.2. The summed E-state index contributed by atoms with van der Waals surface area (Å²) >= 11 is 0. The van der Waals surface area contributed by atoms with Gasteiger partial charge in [-0.3, -0.25) is 0 Å². The number of ether oxygens (including phenoxy) is 1. The standard InChI is InChI=1S/C30H26F5NO5S2/c1-36(2)23-20-18-22(19-21-23)27(37)40-28(29(31,32)33)30(34,35)43(38,39)41-42(24-12-6-3-7-13-24,25-14-8-4-9-15-25)26-16-10-5-11-17-26/h3-21,28H,1-2H3. The third-order valence-corrected chi connectivity index (χ3v) is 11.4. The molecule has 0 aliphatic carbocycles. The maximum absolute atomic E-state index is 15.8. The van der Waals surface area contributed by atoms with Gasteiger partial charge < -0.3 is 9.64 Å². The van der Waals surface area contributed by atoms with Crippen molar-refractivity contribution in [1.29, 1.82) is 0 Å². The van der Waals surface area contributed by atoms with Crippen LogP contribution in [0.3, 0.4) is 0 Å². The molecule has 0 amide bonds. The summed E-state index contributed by atoms with van der Waals surface area (Å²) in [6, 6.07) is 27.3. The van der Waals surface area contributed by atoms with Crippen LogP contribution in [0.5, 0.6) is 0 Å². The first-order valence-corrected chi connectivity index (χ1v) is 15.5. The Morgan fingerprint density at radius 3 is 1.42 bits per heavy atom. The average Bonchev–Trinajstić information content (AvgIpc) is 2.99. The number of hydrogen-bond acceptors (Lipinski definition) is 6. The summed E-state index contributed by atoms with van der Waals surface area (Å²) < 4.78 is 110. The summed E-state index contributed by atoms with van der Waals surface area (Å²) in [6.45, 7) is 0. The Balaban J connectivity index is 1.83. The van der Waals surface area contributed by atoms with Crippen LogP contribution in [0.4, 0.5) is 27.6 Å². The molecule has 1 unspecified atom stereocenters. The molecular weight excluding hydrogens is 613 g/mol. The number of carbonyl (C=O) groups is 1. The van der Waals surface area contributed by atoms with Gasteiger partial charge in [0.25, 0.3) is 6.10 Å². The lowest BCUT2D eigenvalue weighted by Crippen LogP contribution is -2.52. The number of benzene rings is 4. The summed E-state index contributed by atoms with van der Waals surface area (Å²) in [4.78, 5) is 14.6. The minimum atomic E-state index is -6.49. The molecule has 228 valence electrons. The summed E-state index contributed by atoms with van der Waals surface area (Å²) in [5.74, 6) is -1.80. The average molecular weight is 640 g/mol. The molecule has 0 N–H and O–H groups in total. The largest absolute Gasteiger partial charge is 0.441 e. The van der Waals surface area contributed by atoms with Gasteiger partial charge in [0.05, 0.1) is 5.56 Å². The Bertz CT molecular complexity index is 1540. The third-order valence-electron chi connectivity index (χ3n) is 6.20. The van der Waals surface area contributed by atoms with Gasteiger partial charge in [-0.05, 0) is 71.0 Å². The molecule has 1 atom stereocenters. The molecule has 43 heavy (non-hydrogen) atoms. The maximum atomic E-state index is 15.8. The first-order chi connectivity index (χ1) is 20.2. The molecule has 0 aliphatic rings. The molecule has 4 aromatic rings. The Morgan fingerprint density at radius 1 is 0.674 bits per heavy atom. The predicted octanol–water partition coefficient (Wildman–Crippen LogP) is 7.68. The topological polar surface area (TPSA) is 72.9 Å². The molecule has 0 aromatic heterocycles. The molecule has 0 aliphatic heterocycles. The molecular formula is C30H26F5NO5S2. The zero-order chi connectivity index (χ0) is 31.5. The Hall–Kier alpha value is -3.94. The molecule has 0 saturated heterocycles. The van der Waals surface area contributed by atoms with E-state index < -0.39 is 49.5 Å². The second kappa shape index (κ2) is 12.3. The van der Waals surface area contributed by atoms with Gasteiger partial charge in [0, 0.05) is 34.5 Å². The van der Waals surface area contributed by atoms with Crippen molar-refractivity contribution in [2.45, 2.75) is 32.2 Å². The summed E-state index contributed by atoms with van der Waals surface area (Å²) in [5, 5.41) is -5.76. The third kappa shape index (κ3) is 6.53. The zero-order valence-electron chi connectivity index (χ0n) is 22.7. The Morgan fingerprint density at radius 2 is 1.07 bits per heavy atom. The van der Waals surface area contributed by atoms with Crippen LogP contribution < -0.4 is 4.90 Å². The second-order valence-corrected chi connectivity index (χ2v) is 13.9. The number of anilines is 1. The predicted molar refractivity (Wildman–Crippen MR) is 153 cm³/mol. The molecule has 0 fully saturated rings. The molecule has 6 nitrogen and oxygen atoms in total. The fraction of sp³-hybridized carbons (Fsp3) is 0.167. The highest BCUT2D eigenvalue weighted by Crippen LogP contribution is 2.70. The van der Waals surface area contributed by atoms with Crippen LogP contribution in [0, 0.1) is 0 Å². The number of carbonyl (C=O) groups excluding carboxylic acids is 1. The van der Waals surface area contributed by atoms with E-state index in [2.05, 4.69) is 4.74 Å². The number of rotatable bonds is 10. The minimum absolute atomic E-state index is 0.119. The highest BCUT2D eigenvalue weighted by atomic mass is 32.3. The summed E-state index contributed by atoms with van der Waals surface area (Å²) in [7, 11) is -6.78. The van der Waals surface area contributed by atoms with Crippen LogP contribution in [0.15, 0.2) is 130 Å². The van der Waals surface area contributed by atoms with Gasteiger partial charge in [0.2, 0.25) is 0 Å². The van der Waals surface area contributed by atoms with Crippen LogP contribution >= 0.6 is 10.3 Å². The highest BCUT2D eigenvalue weighted by Gasteiger charge is 2.68. The normalized spacial score (nSPS) is 13.7. The fourth-order valence-corrected chi connectivity index (χ4v) is 9.33. The van der Waals surface area contributed by atoms with Gasteiger partial charge >= 0.3 is 27.5 Å². The zero-order valence-corrected chi connectivity index (χ0v) is 24.4.